The monoisotopic (exact) mass is 338 g/mol. The lowest BCUT2D eigenvalue weighted by molar-refractivity contribution is -0.167. The quantitative estimate of drug-likeness (QED) is 0.629. The molecule has 22 heavy (non-hydrogen) atoms. The highest BCUT2D eigenvalue weighted by molar-refractivity contribution is 7.87. The zero-order chi connectivity index (χ0) is 16.1. The van der Waals surface area contributed by atoms with Crippen molar-refractivity contribution in [2.75, 3.05) is 0 Å². The highest BCUT2D eigenvalue weighted by Crippen LogP contribution is 2.54. The topological polar surface area (TPSA) is 80.7 Å². The van der Waals surface area contributed by atoms with Crippen LogP contribution in [-0.2, 0) is 19.6 Å². The Labute approximate surface area is 128 Å². The summed E-state index contributed by atoms with van der Waals surface area (Å²) in [5.41, 5.74) is 0. The number of hydrogen-bond acceptors (Lipinski definition) is 4. The number of carbonyl (C=O) groups is 1. The van der Waals surface area contributed by atoms with Gasteiger partial charge in [-0.05, 0) is 62.2 Å². The summed E-state index contributed by atoms with van der Waals surface area (Å²) in [6, 6.07) is 0. The molecule has 0 aromatic heterocycles. The van der Waals surface area contributed by atoms with E-state index < -0.39 is 27.4 Å². The van der Waals surface area contributed by atoms with Crippen molar-refractivity contribution in [3.05, 3.63) is 0 Å². The molecule has 3 aliphatic carbocycles. The van der Waals surface area contributed by atoms with E-state index in [1.165, 1.54) is 25.7 Å². The third-order valence-corrected chi connectivity index (χ3v) is 6.47. The first-order valence-electron chi connectivity index (χ1n) is 7.74. The molecule has 3 saturated carbocycles. The fraction of sp³-hybridized carbons (Fsp3) is 0.929. The smallest absolute Gasteiger partial charge is 0.457 e. The maximum Gasteiger partial charge on any atom is 0.465 e. The van der Waals surface area contributed by atoms with E-state index in [4.69, 9.17) is 4.55 Å². The summed E-state index contributed by atoms with van der Waals surface area (Å²) in [5.74, 6) is 0.287. The van der Waals surface area contributed by atoms with Crippen molar-refractivity contribution in [1.29, 1.82) is 0 Å². The van der Waals surface area contributed by atoms with Crippen LogP contribution in [0.15, 0.2) is 0 Å². The molecule has 0 radical (unpaired) electrons. The molecule has 3 rings (SSSR count). The minimum atomic E-state index is -5.79. The van der Waals surface area contributed by atoms with Crippen molar-refractivity contribution in [2.45, 2.75) is 56.3 Å². The fourth-order valence-electron chi connectivity index (χ4n) is 4.67. The van der Waals surface area contributed by atoms with Gasteiger partial charge in [0.05, 0.1) is 0 Å². The van der Waals surface area contributed by atoms with E-state index in [2.05, 4.69) is 4.74 Å². The van der Waals surface area contributed by atoms with E-state index in [9.17, 15) is 22.0 Å². The predicted octanol–water partition coefficient (Wildman–Crippen LogP) is 2.62. The molecule has 0 amide bonds. The lowest BCUT2D eigenvalue weighted by Gasteiger charge is -2.27. The van der Waals surface area contributed by atoms with Crippen LogP contribution < -0.4 is 0 Å². The molecule has 3 fully saturated rings. The fourth-order valence-corrected chi connectivity index (χ4v) is 4.92. The van der Waals surface area contributed by atoms with Crippen LogP contribution >= 0.6 is 0 Å². The zero-order valence-electron chi connectivity index (χ0n) is 12.1. The summed E-state index contributed by atoms with van der Waals surface area (Å²) < 4.78 is 60.5. The second-order valence-electron chi connectivity index (χ2n) is 6.93. The number of esters is 1. The molecule has 0 aromatic rings. The van der Waals surface area contributed by atoms with Crippen LogP contribution in [0.2, 0.25) is 0 Å². The standard InChI is InChI=1S/C14H20F2O5S/c15-14(16,22(18,19)20)13(17)21-11-4-3-10(7-11)12-6-8-1-2-9(12)5-8/h8-12H,1-7H2,(H,18,19,20). The highest BCUT2D eigenvalue weighted by Gasteiger charge is 2.55. The van der Waals surface area contributed by atoms with E-state index in [0.717, 1.165) is 12.3 Å². The Balaban J connectivity index is 1.56. The van der Waals surface area contributed by atoms with Crippen molar-refractivity contribution in [3.63, 3.8) is 0 Å². The maximum atomic E-state index is 13.2. The number of carbonyl (C=O) groups excluding carboxylic acids is 1. The van der Waals surface area contributed by atoms with Crippen LogP contribution in [0.4, 0.5) is 8.78 Å². The average molecular weight is 338 g/mol. The molecular formula is C14H20F2O5S. The van der Waals surface area contributed by atoms with Gasteiger partial charge < -0.3 is 4.74 Å². The van der Waals surface area contributed by atoms with Crippen LogP contribution in [0, 0.1) is 23.7 Å². The Bertz CT molecular complexity index is 562. The van der Waals surface area contributed by atoms with Crippen LogP contribution in [0.3, 0.4) is 0 Å². The van der Waals surface area contributed by atoms with Crippen LogP contribution in [0.1, 0.15) is 44.9 Å². The Hall–Kier alpha value is -0.760. The summed E-state index contributed by atoms with van der Waals surface area (Å²) in [4.78, 5) is 11.3. The summed E-state index contributed by atoms with van der Waals surface area (Å²) in [6.07, 6.45) is 6.09. The number of ether oxygens (including phenoxy) is 1. The van der Waals surface area contributed by atoms with Gasteiger partial charge in [-0.3, -0.25) is 4.55 Å². The molecule has 5 nitrogen and oxygen atoms in total. The molecule has 0 heterocycles. The molecule has 5 atom stereocenters. The molecule has 0 aliphatic heterocycles. The lowest BCUT2D eigenvalue weighted by atomic mass is 9.78. The summed E-state index contributed by atoms with van der Waals surface area (Å²) in [6.45, 7) is 0. The minimum Gasteiger partial charge on any atom is -0.457 e. The Morgan fingerprint density at radius 2 is 1.68 bits per heavy atom. The van der Waals surface area contributed by atoms with Crippen molar-refractivity contribution in [2.24, 2.45) is 23.7 Å². The number of rotatable bonds is 4. The van der Waals surface area contributed by atoms with Gasteiger partial charge in [0.2, 0.25) is 0 Å². The Morgan fingerprint density at radius 3 is 2.23 bits per heavy atom. The van der Waals surface area contributed by atoms with Crippen molar-refractivity contribution >= 4 is 16.1 Å². The van der Waals surface area contributed by atoms with Gasteiger partial charge in [-0.15, -0.1) is 0 Å². The van der Waals surface area contributed by atoms with Crippen molar-refractivity contribution in [1.82, 2.24) is 0 Å². The van der Waals surface area contributed by atoms with Gasteiger partial charge in [-0.2, -0.15) is 17.2 Å². The van der Waals surface area contributed by atoms with Gasteiger partial charge in [0.1, 0.15) is 6.10 Å². The first-order chi connectivity index (χ1) is 10.2. The summed E-state index contributed by atoms with van der Waals surface area (Å²) in [7, 11) is -5.79. The second-order valence-corrected chi connectivity index (χ2v) is 8.39. The molecule has 8 heteroatoms. The van der Waals surface area contributed by atoms with E-state index in [1.807, 2.05) is 0 Å². The number of halogens is 2. The SMILES string of the molecule is O=C(OC1CCC(C2CC3CCC2C3)C1)C(F)(F)S(=O)(=O)O. The Morgan fingerprint density at radius 1 is 1.05 bits per heavy atom. The van der Waals surface area contributed by atoms with E-state index in [0.29, 0.717) is 30.6 Å². The van der Waals surface area contributed by atoms with Crippen LogP contribution in [-0.4, -0.2) is 30.3 Å². The van der Waals surface area contributed by atoms with Gasteiger partial charge in [0, 0.05) is 0 Å². The van der Waals surface area contributed by atoms with Gasteiger partial charge in [-0.25, -0.2) is 4.79 Å². The third kappa shape index (κ3) is 2.75. The number of hydrogen-bond donors (Lipinski definition) is 1. The number of alkyl halides is 2. The van der Waals surface area contributed by atoms with Crippen molar-refractivity contribution in [3.8, 4) is 0 Å². The van der Waals surface area contributed by atoms with Gasteiger partial charge in [-0.1, -0.05) is 6.42 Å². The van der Waals surface area contributed by atoms with E-state index >= 15 is 0 Å². The molecule has 0 aromatic carbocycles. The molecule has 3 aliphatic rings. The van der Waals surface area contributed by atoms with E-state index in [1.54, 1.807) is 0 Å². The van der Waals surface area contributed by atoms with Crippen LogP contribution in [0.5, 0.6) is 0 Å². The maximum absolute atomic E-state index is 13.2. The van der Waals surface area contributed by atoms with Crippen LogP contribution in [0.25, 0.3) is 0 Å². The molecule has 5 unspecified atom stereocenters. The number of fused-ring (bicyclic) bond motifs is 2. The predicted molar refractivity (Wildman–Crippen MR) is 72.7 cm³/mol. The first-order valence-corrected chi connectivity index (χ1v) is 9.18. The van der Waals surface area contributed by atoms with E-state index in [-0.39, 0.29) is 0 Å². The molecule has 2 bridgehead atoms. The normalized spacial score (nSPS) is 38.4. The third-order valence-electron chi connectivity index (χ3n) is 5.66. The average Bonchev–Trinajstić information content (AvgIpc) is 3.12. The minimum absolute atomic E-state index is 0.368. The molecular weight excluding hydrogens is 318 g/mol. The summed E-state index contributed by atoms with van der Waals surface area (Å²) >= 11 is 0. The Kier molecular flexibility index (Phi) is 3.96. The highest BCUT2D eigenvalue weighted by atomic mass is 32.2. The molecule has 0 spiro atoms. The molecule has 1 N–H and O–H groups in total. The first kappa shape index (κ1) is 16.1. The largest absolute Gasteiger partial charge is 0.465 e. The van der Waals surface area contributed by atoms with Crippen molar-refractivity contribution < 1.29 is 31.3 Å². The molecule has 0 saturated heterocycles. The zero-order valence-corrected chi connectivity index (χ0v) is 12.9. The lowest BCUT2D eigenvalue weighted by Crippen LogP contribution is -2.40. The second kappa shape index (κ2) is 5.40. The van der Waals surface area contributed by atoms with Gasteiger partial charge in [0.25, 0.3) is 0 Å². The molecule has 126 valence electrons. The van der Waals surface area contributed by atoms with Gasteiger partial charge >= 0.3 is 21.3 Å². The summed E-state index contributed by atoms with van der Waals surface area (Å²) in [5, 5.41) is -4.89. The van der Waals surface area contributed by atoms with Gasteiger partial charge in [0.15, 0.2) is 0 Å².